The number of nitrogens with one attached hydrogen (secondary N) is 2. The van der Waals surface area contributed by atoms with Crippen molar-refractivity contribution in [2.75, 3.05) is 10.6 Å². The molecule has 1 unspecified atom stereocenters. The van der Waals surface area contributed by atoms with Gasteiger partial charge < -0.3 is 10.6 Å². The molecule has 27 heavy (non-hydrogen) atoms. The fourth-order valence-corrected chi connectivity index (χ4v) is 4.65. The van der Waals surface area contributed by atoms with Gasteiger partial charge in [-0.1, -0.05) is 22.9 Å². The highest BCUT2D eigenvalue weighted by Gasteiger charge is 2.40. The highest BCUT2D eigenvalue weighted by molar-refractivity contribution is 9.10. The van der Waals surface area contributed by atoms with Gasteiger partial charge in [0, 0.05) is 15.0 Å². The summed E-state index contributed by atoms with van der Waals surface area (Å²) in [4.78, 5) is 25.1. The molecule has 0 fully saturated rings. The molecule has 4 nitrogen and oxygen atoms in total. The van der Waals surface area contributed by atoms with Crippen LogP contribution in [-0.2, 0) is 17.6 Å². The minimum atomic E-state index is -5.02. The Morgan fingerprint density at radius 2 is 1.85 bits per heavy atom. The molecular formula is C18H16BrF3N2O2S. The van der Waals surface area contributed by atoms with Crippen LogP contribution in [0.4, 0.5) is 23.9 Å². The lowest BCUT2D eigenvalue weighted by Crippen LogP contribution is -2.30. The second kappa shape index (κ2) is 7.63. The van der Waals surface area contributed by atoms with Gasteiger partial charge in [-0.2, -0.15) is 13.2 Å². The first-order valence-electron chi connectivity index (χ1n) is 8.24. The minimum absolute atomic E-state index is 0.0500. The Hall–Kier alpha value is -1.87. The molecule has 3 rings (SSSR count). The smallest absolute Gasteiger partial charge is 0.322 e. The number of hydrogen-bond acceptors (Lipinski definition) is 3. The number of carbonyl (C=O) groups excluding carboxylic acids is 2. The number of alkyl halides is 3. The van der Waals surface area contributed by atoms with E-state index < -0.39 is 18.0 Å². The highest BCUT2D eigenvalue weighted by Crippen LogP contribution is 2.40. The van der Waals surface area contributed by atoms with E-state index in [9.17, 15) is 22.8 Å². The lowest BCUT2D eigenvalue weighted by atomic mass is 9.88. The molecule has 0 radical (unpaired) electrons. The Labute approximate surface area is 166 Å². The summed E-state index contributed by atoms with van der Waals surface area (Å²) in [6.45, 7) is 2.05. The molecule has 0 saturated carbocycles. The number of halogens is 4. The molecule has 1 aromatic carbocycles. The van der Waals surface area contributed by atoms with Crippen molar-refractivity contribution >= 4 is 49.8 Å². The predicted molar refractivity (Wildman–Crippen MR) is 102 cm³/mol. The van der Waals surface area contributed by atoms with Crippen LogP contribution in [0.5, 0.6) is 0 Å². The number of anilines is 2. The third-order valence-electron chi connectivity index (χ3n) is 4.33. The third kappa shape index (κ3) is 4.52. The molecule has 0 saturated heterocycles. The monoisotopic (exact) mass is 460 g/mol. The normalized spacial score (nSPS) is 16.6. The van der Waals surface area contributed by atoms with Crippen molar-refractivity contribution in [2.24, 2.45) is 5.92 Å². The molecule has 2 amide bonds. The fraction of sp³-hybridized carbons (Fsp3) is 0.333. The Morgan fingerprint density at radius 1 is 1.19 bits per heavy atom. The van der Waals surface area contributed by atoms with Crippen LogP contribution >= 0.6 is 27.3 Å². The summed E-state index contributed by atoms with van der Waals surface area (Å²) < 4.78 is 38.9. The third-order valence-corrected chi connectivity index (χ3v) is 6.02. The van der Waals surface area contributed by atoms with Crippen molar-refractivity contribution in [3.05, 3.63) is 44.7 Å². The first kappa shape index (κ1) is 19.9. The van der Waals surface area contributed by atoms with Gasteiger partial charge >= 0.3 is 12.1 Å². The number of hydrogen-bond donors (Lipinski definition) is 2. The summed E-state index contributed by atoms with van der Waals surface area (Å²) in [7, 11) is 0. The predicted octanol–water partition coefficient (Wildman–Crippen LogP) is 5.39. The largest absolute Gasteiger partial charge is 0.471 e. The van der Waals surface area contributed by atoms with Crippen LogP contribution in [0, 0.1) is 5.92 Å². The molecule has 0 spiro atoms. The number of thiophene rings is 1. The molecule has 1 heterocycles. The Balaban J connectivity index is 1.94. The molecule has 0 bridgehead atoms. The van der Waals surface area contributed by atoms with Crippen molar-refractivity contribution in [3.63, 3.8) is 0 Å². The SMILES string of the molecule is CC1CCc2c(sc(NC(=O)C(F)(F)F)c2C(=O)Nc2ccc(Br)cc2)C1. The van der Waals surface area contributed by atoms with E-state index in [0.717, 1.165) is 32.7 Å². The topological polar surface area (TPSA) is 58.2 Å². The summed E-state index contributed by atoms with van der Waals surface area (Å²) in [5, 5.41) is 4.53. The molecule has 0 aliphatic heterocycles. The quantitative estimate of drug-likeness (QED) is 0.644. The highest BCUT2D eigenvalue weighted by atomic mass is 79.9. The molecule has 1 atom stereocenters. The van der Waals surface area contributed by atoms with Crippen molar-refractivity contribution in [1.29, 1.82) is 0 Å². The first-order valence-corrected chi connectivity index (χ1v) is 9.85. The first-order chi connectivity index (χ1) is 12.6. The van der Waals surface area contributed by atoms with E-state index in [-0.39, 0.29) is 10.6 Å². The van der Waals surface area contributed by atoms with Crippen molar-refractivity contribution in [1.82, 2.24) is 0 Å². The molecule has 1 aliphatic rings. The van der Waals surface area contributed by atoms with E-state index in [2.05, 4.69) is 28.2 Å². The van der Waals surface area contributed by atoms with Crippen LogP contribution in [0.1, 0.15) is 34.1 Å². The number of rotatable bonds is 3. The maximum Gasteiger partial charge on any atom is 0.471 e. The standard InChI is InChI=1S/C18H16BrF3N2O2S/c1-9-2-7-12-13(8-9)27-16(24-17(26)18(20,21)22)14(12)15(25)23-11-5-3-10(19)4-6-11/h3-6,9H,2,7-8H2,1H3,(H,23,25)(H,24,26). The van der Waals surface area contributed by atoms with E-state index in [0.29, 0.717) is 24.4 Å². The van der Waals surface area contributed by atoms with Gasteiger partial charge in [-0.25, -0.2) is 0 Å². The maximum atomic E-state index is 12.8. The minimum Gasteiger partial charge on any atom is -0.322 e. The molecule has 9 heteroatoms. The van der Waals surface area contributed by atoms with Crippen molar-refractivity contribution < 1.29 is 22.8 Å². The number of amides is 2. The van der Waals surface area contributed by atoms with Crippen LogP contribution in [0.15, 0.2) is 28.7 Å². The van der Waals surface area contributed by atoms with Gasteiger partial charge in [-0.05, 0) is 55.0 Å². The summed E-state index contributed by atoms with van der Waals surface area (Å²) in [6.07, 6.45) is -2.90. The molecule has 2 aromatic rings. The zero-order chi connectivity index (χ0) is 19.8. The summed E-state index contributed by atoms with van der Waals surface area (Å²) >= 11 is 4.35. The average Bonchev–Trinajstić information content (AvgIpc) is 2.93. The van der Waals surface area contributed by atoms with Gasteiger partial charge in [0.1, 0.15) is 5.00 Å². The van der Waals surface area contributed by atoms with Gasteiger partial charge in [0.05, 0.1) is 5.56 Å². The van der Waals surface area contributed by atoms with Crippen LogP contribution < -0.4 is 10.6 Å². The van der Waals surface area contributed by atoms with Crippen LogP contribution in [0.3, 0.4) is 0 Å². The van der Waals surface area contributed by atoms with Crippen LogP contribution in [0.25, 0.3) is 0 Å². The van der Waals surface area contributed by atoms with Gasteiger partial charge in [-0.3, -0.25) is 9.59 Å². The fourth-order valence-electron chi connectivity index (χ4n) is 2.98. The van der Waals surface area contributed by atoms with Crippen LogP contribution in [0.2, 0.25) is 0 Å². The molecule has 1 aliphatic carbocycles. The second-order valence-corrected chi connectivity index (χ2v) is 8.49. The number of fused-ring (bicyclic) bond motifs is 1. The molecular weight excluding hydrogens is 445 g/mol. The zero-order valence-electron chi connectivity index (χ0n) is 14.2. The summed E-state index contributed by atoms with van der Waals surface area (Å²) in [6, 6.07) is 6.84. The van der Waals surface area contributed by atoms with Gasteiger partial charge in [0.2, 0.25) is 0 Å². The number of carbonyl (C=O) groups is 2. The maximum absolute atomic E-state index is 12.8. The Bertz CT molecular complexity index is 878. The van der Waals surface area contributed by atoms with Crippen LogP contribution in [-0.4, -0.2) is 18.0 Å². The average molecular weight is 461 g/mol. The van der Waals surface area contributed by atoms with E-state index in [1.54, 1.807) is 24.3 Å². The number of benzene rings is 1. The van der Waals surface area contributed by atoms with Gasteiger partial charge in [0.25, 0.3) is 5.91 Å². The Morgan fingerprint density at radius 3 is 2.48 bits per heavy atom. The van der Waals surface area contributed by atoms with Gasteiger partial charge in [0.15, 0.2) is 0 Å². The lowest BCUT2D eigenvalue weighted by Gasteiger charge is -2.18. The van der Waals surface area contributed by atoms with Gasteiger partial charge in [-0.15, -0.1) is 11.3 Å². The summed E-state index contributed by atoms with van der Waals surface area (Å²) in [5.74, 6) is -2.22. The van der Waals surface area contributed by atoms with Crippen molar-refractivity contribution in [2.45, 2.75) is 32.4 Å². The molecule has 2 N–H and O–H groups in total. The van der Waals surface area contributed by atoms with E-state index in [1.165, 1.54) is 0 Å². The zero-order valence-corrected chi connectivity index (χ0v) is 16.6. The van der Waals surface area contributed by atoms with E-state index in [1.807, 2.05) is 5.32 Å². The molecule has 144 valence electrons. The van der Waals surface area contributed by atoms with E-state index in [4.69, 9.17) is 0 Å². The molecule has 1 aromatic heterocycles. The van der Waals surface area contributed by atoms with E-state index >= 15 is 0 Å². The Kier molecular flexibility index (Phi) is 5.62. The lowest BCUT2D eigenvalue weighted by molar-refractivity contribution is -0.167. The summed E-state index contributed by atoms with van der Waals surface area (Å²) in [5.41, 5.74) is 1.37. The van der Waals surface area contributed by atoms with Crippen molar-refractivity contribution in [3.8, 4) is 0 Å². The second-order valence-electron chi connectivity index (χ2n) is 6.47.